The van der Waals surface area contributed by atoms with Gasteiger partial charge in [0.15, 0.2) is 11.5 Å². The third-order valence-electron chi connectivity index (χ3n) is 4.28. The van der Waals surface area contributed by atoms with Gasteiger partial charge in [-0.05, 0) is 62.6 Å². The molecule has 1 N–H and O–H groups in total. The van der Waals surface area contributed by atoms with Crippen LogP contribution in [0.4, 0.5) is 0 Å². The number of ether oxygens (including phenoxy) is 2. The maximum absolute atomic E-state index is 12.4. The Kier molecular flexibility index (Phi) is 4.04. The average Bonchev–Trinajstić information content (AvgIpc) is 3.38. The zero-order chi connectivity index (χ0) is 14.8. The van der Waals surface area contributed by atoms with Crippen molar-refractivity contribution in [3.05, 3.63) is 23.8 Å². The molecule has 1 aromatic rings. The van der Waals surface area contributed by atoms with Crippen LogP contribution < -0.4 is 14.8 Å². The Balaban J connectivity index is 1.71. The zero-order valence-electron chi connectivity index (χ0n) is 12.7. The summed E-state index contributed by atoms with van der Waals surface area (Å²) in [6, 6.07) is 5.74. The standard InChI is InChI=1S/C17H23NO3/c1-3-21-14-9-8-13(10-15(14)20-2)17(19)18-16(11-4-5-11)12-6-7-12/h8-12,16H,3-7H2,1-2H3,(H,18,19). The maximum atomic E-state index is 12.4. The summed E-state index contributed by atoms with van der Waals surface area (Å²) < 4.78 is 10.8. The number of amides is 1. The quantitative estimate of drug-likeness (QED) is 0.839. The number of hydrogen-bond acceptors (Lipinski definition) is 3. The lowest BCUT2D eigenvalue weighted by Gasteiger charge is -2.18. The van der Waals surface area contributed by atoms with Crippen molar-refractivity contribution in [2.75, 3.05) is 13.7 Å². The van der Waals surface area contributed by atoms with Gasteiger partial charge in [-0.3, -0.25) is 4.79 Å². The summed E-state index contributed by atoms with van der Waals surface area (Å²) in [5, 5.41) is 3.22. The maximum Gasteiger partial charge on any atom is 0.251 e. The lowest BCUT2D eigenvalue weighted by molar-refractivity contribution is 0.0926. The molecule has 2 fully saturated rings. The lowest BCUT2D eigenvalue weighted by Crippen LogP contribution is -2.38. The second-order valence-corrected chi connectivity index (χ2v) is 5.97. The minimum atomic E-state index is 0.000137. The average molecular weight is 289 g/mol. The number of nitrogens with one attached hydrogen (secondary N) is 1. The summed E-state index contributed by atoms with van der Waals surface area (Å²) in [5.74, 6) is 2.69. The van der Waals surface area contributed by atoms with E-state index in [0.29, 0.717) is 41.5 Å². The van der Waals surface area contributed by atoms with E-state index in [4.69, 9.17) is 9.47 Å². The molecule has 0 aromatic heterocycles. The Hall–Kier alpha value is -1.71. The van der Waals surface area contributed by atoms with E-state index in [1.807, 2.05) is 6.92 Å². The predicted octanol–water partition coefficient (Wildman–Crippen LogP) is 3.01. The fraction of sp³-hybridized carbons (Fsp3) is 0.588. The summed E-state index contributed by atoms with van der Waals surface area (Å²) in [6.07, 6.45) is 5.03. The highest BCUT2D eigenvalue weighted by molar-refractivity contribution is 5.95. The van der Waals surface area contributed by atoms with Gasteiger partial charge < -0.3 is 14.8 Å². The van der Waals surface area contributed by atoms with Crippen molar-refractivity contribution in [1.29, 1.82) is 0 Å². The SMILES string of the molecule is CCOc1ccc(C(=O)NC(C2CC2)C2CC2)cc1OC. The molecular formula is C17H23NO3. The van der Waals surface area contributed by atoms with Crippen LogP contribution in [0.3, 0.4) is 0 Å². The molecule has 0 atom stereocenters. The Morgan fingerprint density at radius 1 is 1.24 bits per heavy atom. The molecular weight excluding hydrogens is 266 g/mol. The fourth-order valence-corrected chi connectivity index (χ4v) is 2.85. The molecule has 0 radical (unpaired) electrons. The van der Waals surface area contributed by atoms with Crippen LogP contribution in [0.5, 0.6) is 11.5 Å². The number of hydrogen-bond donors (Lipinski definition) is 1. The number of methoxy groups -OCH3 is 1. The van der Waals surface area contributed by atoms with Gasteiger partial charge >= 0.3 is 0 Å². The largest absolute Gasteiger partial charge is 0.493 e. The highest BCUT2D eigenvalue weighted by atomic mass is 16.5. The van der Waals surface area contributed by atoms with Gasteiger partial charge in [-0.25, -0.2) is 0 Å². The molecule has 0 spiro atoms. The van der Waals surface area contributed by atoms with E-state index in [1.165, 1.54) is 25.7 Å². The molecule has 21 heavy (non-hydrogen) atoms. The Bertz CT molecular complexity index is 509. The van der Waals surface area contributed by atoms with Crippen molar-refractivity contribution in [1.82, 2.24) is 5.32 Å². The first kappa shape index (κ1) is 14.2. The number of carbonyl (C=O) groups is 1. The Morgan fingerprint density at radius 2 is 1.90 bits per heavy atom. The van der Waals surface area contributed by atoms with Crippen molar-refractivity contribution in [3.8, 4) is 11.5 Å². The Labute approximate surface area is 125 Å². The van der Waals surface area contributed by atoms with E-state index in [1.54, 1.807) is 25.3 Å². The molecule has 4 heteroatoms. The topological polar surface area (TPSA) is 47.6 Å². The van der Waals surface area contributed by atoms with Gasteiger partial charge in [0, 0.05) is 11.6 Å². The van der Waals surface area contributed by atoms with Crippen molar-refractivity contribution in [2.45, 2.75) is 38.6 Å². The first-order valence-electron chi connectivity index (χ1n) is 7.84. The summed E-state index contributed by atoms with van der Waals surface area (Å²) >= 11 is 0. The molecule has 1 amide bonds. The zero-order valence-corrected chi connectivity index (χ0v) is 12.7. The lowest BCUT2D eigenvalue weighted by atomic mass is 10.1. The van der Waals surface area contributed by atoms with Gasteiger partial charge in [0.2, 0.25) is 0 Å². The third-order valence-corrected chi connectivity index (χ3v) is 4.28. The molecule has 114 valence electrons. The van der Waals surface area contributed by atoms with Gasteiger partial charge in [0.25, 0.3) is 5.91 Å². The van der Waals surface area contributed by atoms with Crippen LogP contribution >= 0.6 is 0 Å². The van der Waals surface area contributed by atoms with Gasteiger partial charge in [0.1, 0.15) is 0 Å². The van der Waals surface area contributed by atoms with Crippen LogP contribution in [-0.2, 0) is 0 Å². The minimum absolute atomic E-state index is 0.000137. The fourth-order valence-electron chi connectivity index (χ4n) is 2.85. The van der Waals surface area contributed by atoms with E-state index < -0.39 is 0 Å². The molecule has 3 rings (SSSR count). The smallest absolute Gasteiger partial charge is 0.251 e. The highest BCUT2D eigenvalue weighted by Crippen LogP contribution is 2.44. The number of rotatable bonds is 7. The molecule has 2 aliphatic carbocycles. The van der Waals surface area contributed by atoms with Gasteiger partial charge in [-0.1, -0.05) is 0 Å². The summed E-state index contributed by atoms with van der Waals surface area (Å²) in [7, 11) is 1.59. The normalized spacial score (nSPS) is 17.7. The highest BCUT2D eigenvalue weighted by Gasteiger charge is 2.42. The van der Waals surface area contributed by atoms with Crippen LogP contribution in [0.2, 0.25) is 0 Å². The monoisotopic (exact) mass is 289 g/mol. The van der Waals surface area contributed by atoms with Gasteiger partial charge in [0.05, 0.1) is 13.7 Å². The van der Waals surface area contributed by atoms with Crippen LogP contribution in [0.25, 0.3) is 0 Å². The molecule has 0 saturated heterocycles. The predicted molar refractivity (Wildman–Crippen MR) is 80.9 cm³/mol. The first-order valence-corrected chi connectivity index (χ1v) is 7.84. The van der Waals surface area contributed by atoms with Crippen molar-refractivity contribution in [2.24, 2.45) is 11.8 Å². The van der Waals surface area contributed by atoms with E-state index in [-0.39, 0.29) is 5.91 Å². The molecule has 0 heterocycles. The van der Waals surface area contributed by atoms with E-state index >= 15 is 0 Å². The van der Waals surface area contributed by atoms with Crippen LogP contribution in [-0.4, -0.2) is 25.7 Å². The summed E-state index contributed by atoms with van der Waals surface area (Å²) in [5.41, 5.74) is 0.640. The minimum Gasteiger partial charge on any atom is -0.493 e. The first-order chi connectivity index (χ1) is 10.2. The molecule has 1 aromatic carbocycles. The molecule has 0 bridgehead atoms. The molecule has 0 unspecified atom stereocenters. The van der Waals surface area contributed by atoms with Crippen LogP contribution in [0.15, 0.2) is 18.2 Å². The summed E-state index contributed by atoms with van der Waals surface area (Å²) in [4.78, 5) is 12.4. The van der Waals surface area contributed by atoms with E-state index in [2.05, 4.69) is 5.32 Å². The number of benzene rings is 1. The van der Waals surface area contributed by atoms with Crippen LogP contribution in [0, 0.1) is 11.8 Å². The third kappa shape index (κ3) is 3.31. The molecule has 0 aliphatic heterocycles. The summed E-state index contributed by atoms with van der Waals surface area (Å²) in [6.45, 7) is 2.50. The van der Waals surface area contributed by atoms with Crippen LogP contribution in [0.1, 0.15) is 43.0 Å². The Morgan fingerprint density at radius 3 is 2.43 bits per heavy atom. The molecule has 2 aliphatic rings. The van der Waals surface area contributed by atoms with E-state index in [0.717, 1.165) is 0 Å². The second-order valence-electron chi connectivity index (χ2n) is 5.97. The van der Waals surface area contributed by atoms with Gasteiger partial charge in [-0.15, -0.1) is 0 Å². The van der Waals surface area contributed by atoms with Crippen molar-refractivity contribution < 1.29 is 14.3 Å². The number of carbonyl (C=O) groups excluding carboxylic acids is 1. The van der Waals surface area contributed by atoms with E-state index in [9.17, 15) is 4.79 Å². The van der Waals surface area contributed by atoms with Crippen molar-refractivity contribution in [3.63, 3.8) is 0 Å². The molecule has 2 saturated carbocycles. The van der Waals surface area contributed by atoms with Crippen molar-refractivity contribution >= 4 is 5.91 Å². The second kappa shape index (κ2) is 5.96. The molecule has 4 nitrogen and oxygen atoms in total. The van der Waals surface area contributed by atoms with Gasteiger partial charge in [-0.2, -0.15) is 0 Å².